The van der Waals surface area contributed by atoms with Gasteiger partial charge in [0, 0.05) is 12.8 Å². The lowest BCUT2D eigenvalue weighted by molar-refractivity contribution is -0.136. The van der Waals surface area contributed by atoms with Crippen LogP contribution in [0.1, 0.15) is 12.8 Å². The van der Waals surface area contributed by atoms with Crippen molar-refractivity contribution in [1.82, 2.24) is 4.90 Å². The van der Waals surface area contributed by atoms with Crippen LogP contribution in [0.15, 0.2) is 0 Å². The molecule has 1 unspecified atom stereocenters. The Morgan fingerprint density at radius 2 is 1.93 bits per heavy atom. The number of amides is 3. The Labute approximate surface area is 87.7 Å². The van der Waals surface area contributed by atoms with E-state index in [0.717, 1.165) is 0 Å². The Morgan fingerprint density at radius 3 is 2.40 bits per heavy atom. The van der Waals surface area contributed by atoms with Gasteiger partial charge in [0.15, 0.2) is 11.1 Å². The first-order valence-electron chi connectivity index (χ1n) is 4.12. The maximum absolute atomic E-state index is 11.1. The van der Waals surface area contributed by atoms with E-state index in [0.29, 0.717) is 4.90 Å². The van der Waals surface area contributed by atoms with Crippen molar-refractivity contribution in [2.24, 2.45) is 0 Å². The first-order chi connectivity index (χ1) is 7.02. The van der Waals surface area contributed by atoms with Crippen molar-refractivity contribution >= 4 is 29.0 Å². The second kappa shape index (κ2) is 4.99. The molecule has 1 N–H and O–H groups in total. The summed E-state index contributed by atoms with van der Waals surface area (Å²) in [7, 11) is 0. The van der Waals surface area contributed by atoms with E-state index < -0.39 is 29.0 Å². The van der Waals surface area contributed by atoms with Gasteiger partial charge in [0.2, 0.25) is 11.8 Å². The third-order valence-corrected chi connectivity index (χ3v) is 2.23. The average Bonchev–Trinajstić information content (AvgIpc) is 2.45. The third kappa shape index (κ3) is 3.10. The molecule has 84 valence electrons. The largest absolute Gasteiger partial charge is 0.448 e. The molecule has 0 aliphatic carbocycles. The maximum atomic E-state index is 11.1. The van der Waals surface area contributed by atoms with E-state index in [1.54, 1.807) is 0 Å². The number of hydrogen-bond acceptors (Lipinski definition) is 5. The number of rotatable bonds is 3. The molecule has 15 heavy (non-hydrogen) atoms. The number of carbonyl (C=O) groups is 3. The van der Waals surface area contributed by atoms with Crippen molar-refractivity contribution in [3.8, 4) is 0 Å². The van der Waals surface area contributed by atoms with Gasteiger partial charge in [-0.3, -0.25) is 9.59 Å². The molecule has 1 saturated heterocycles. The van der Waals surface area contributed by atoms with Gasteiger partial charge in [0.1, 0.15) is 6.61 Å². The summed E-state index contributed by atoms with van der Waals surface area (Å²) in [5.41, 5.74) is 0. The highest BCUT2D eigenvalue weighted by Gasteiger charge is 2.35. The van der Waals surface area contributed by atoms with E-state index in [4.69, 9.17) is 4.55 Å². The van der Waals surface area contributed by atoms with E-state index >= 15 is 0 Å². The van der Waals surface area contributed by atoms with Gasteiger partial charge in [-0.1, -0.05) is 0 Å². The molecular formula is C7H9NO6S. The molecule has 1 atom stereocenters. The van der Waals surface area contributed by atoms with E-state index in [2.05, 4.69) is 4.74 Å². The summed E-state index contributed by atoms with van der Waals surface area (Å²) in [5, 5.41) is 0. The van der Waals surface area contributed by atoms with E-state index in [9.17, 15) is 18.6 Å². The number of nitrogens with zero attached hydrogens (tertiary/aromatic N) is 1. The Morgan fingerprint density at radius 1 is 1.40 bits per heavy atom. The fraction of sp³-hybridized carbons (Fsp3) is 0.571. The molecule has 1 heterocycles. The van der Waals surface area contributed by atoms with E-state index in [1.165, 1.54) is 0 Å². The Hall–Kier alpha value is -1.28. The van der Waals surface area contributed by atoms with Crippen molar-refractivity contribution < 1.29 is 27.9 Å². The number of carbonyl (C=O) groups excluding carboxylic acids is 3. The molecule has 1 aliphatic rings. The molecule has 0 aromatic heterocycles. The molecule has 1 fully saturated rings. The highest BCUT2D eigenvalue weighted by atomic mass is 32.2. The second-order valence-corrected chi connectivity index (χ2v) is 3.81. The average molecular weight is 235 g/mol. The fourth-order valence-electron chi connectivity index (χ4n) is 1.05. The molecule has 0 bridgehead atoms. The number of likely N-dealkylation sites (tertiary alicyclic amines) is 1. The van der Waals surface area contributed by atoms with Crippen LogP contribution in [-0.4, -0.2) is 43.9 Å². The fourth-order valence-corrected chi connectivity index (χ4v) is 1.27. The van der Waals surface area contributed by atoms with Crippen molar-refractivity contribution in [3.05, 3.63) is 0 Å². The summed E-state index contributed by atoms with van der Waals surface area (Å²) < 4.78 is 23.0. The minimum absolute atomic E-state index is 0.000135. The normalized spacial score (nSPS) is 18.1. The summed E-state index contributed by atoms with van der Waals surface area (Å²) in [6.45, 7) is -0.307. The van der Waals surface area contributed by atoms with E-state index in [1.807, 2.05) is 0 Å². The summed E-state index contributed by atoms with van der Waals surface area (Å²) in [4.78, 5) is 33.6. The molecular weight excluding hydrogens is 226 g/mol. The minimum Gasteiger partial charge on any atom is -0.448 e. The maximum Gasteiger partial charge on any atom is 0.423 e. The lowest BCUT2D eigenvalue weighted by Crippen LogP contribution is -2.36. The Balaban J connectivity index is 2.43. The standard InChI is InChI=1S/C7H9NO6S/c9-5-1-2-6(10)8(5)7(11)14-3-4-15(12)13/h1-4H2,(H,12,13). The van der Waals surface area contributed by atoms with Gasteiger partial charge < -0.3 is 9.29 Å². The number of imide groups is 3. The van der Waals surface area contributed by atoms with Gasteiger partial charge in [0.05, 0.1) is 5.75 Å². The quantitative estimate of drug-likeness (QED) is 0.522. The molecule has 0 aromatic rings. The van der Waals surface area contributed by atoms with Gasteiger partial charge in [-0.05, 0) is 0 Å². The molecule has 0 saturated carbocycles. The van der Waals surface area contributed by atoms with Crippen LogP contribution < -0.4 is 0 Å². The highest BCUT2D eigenvalue weighted by molar-refractivity contribution is 7.79. The minimum atomic E-state index is -2.07. The van der Waals surface area contributed by atoms with Gasteiger partial charge in [-0.25, -0.2) is 9.00 Å². The van der Waals surface area contributed by atoms with Crippen LogP contribution >= 0.6 is 0 Å². The van der Waals surface area contributed by atoms with Gasteiger partial charge in [0.25, 0.3) is 0 Å². The van der Waals surface area contributed by atoms with Crippen molar-refractivity contribution in [2.45, 2.75) is 12.8 Å². The van der Waals surface area contributed by atoms with Crippen LogP contribution in [0, 0.1) is 0 Å². The van der Waals surface area contributed by atoms with Gasteiger partial charge >= 0.3 is 6.09 Å². The van der Waals surface area contributed by atoms with Gasteiger partial charge in [-0.2, -0.15) is 4.90 Å². The summed E-state index contributed by atoms with van der Waals surface area (Å²) in [6, 6.07) is 0. The van der Waals surface area contributed by atoms with Crippen LogP contribution in [-0.2, 0) is 25.4 Å². The SMILES string of the molecule is O=C1CCC(=O)N1C(=O)OCCS(=O)O. The van der Waals surface area contributed by atoms with Crippen molar-refractivity contribution in [3.63, 3.8) is 0 Å². The zero-order chi connectivity index (χ0) is 11.4. The zero-order valence-corrected chi connectivity index (χ0v) is 8.49. The smallest absolute Gasteiger partial charge is 0.423 e. The van der Waals surface area contributed by atoms with Crippen molar-refractivity contribution in [2.75, 3.05) is 12.4 Å². The first-order valence-corrected chi connectivity index (χ1v) is 5.40. The van der Waals surface area contributed by atoms with Gasteiger partial charge in [-0.15, -0.1) is 0 Å². The zero-order valence-electron chi connectivity index (χ0n) is 7.67. The van der Waals surface area contributed by atoms with Crippen molar-refractivity contribution in [1.29, 1.82) is 0 Å². The molecule has 0 aromatic carbocycles. The van der Waals surface area contributed by atoms with Crippen LogP contribution in [0.2, 0.25) is 0 Å². The first kappa shape index (κ1) is 11.8. The predicted octanol–water partition coefficient (Wildman–Crippen LogP) is -0.506. The Kier molecular flexibility index (Phi) is 3.92. The summed E-state index contributed by atoms with van der Waals surface area (Å²) in [5.74, 6) is -1.45. The molecule has 1 aliphatic heterocycles. The second-order valence-electron chi connectivity index (χ2n) is 2.76. The van der Waals surface area contributed by atoms with Crippen LogP contribution in [0.3, 0.4) is 0 Å². The molecule has 1 rings (SSSR count). The number of hydrogen-bond donors (Lipinski definition) is 1. The van der Waals surface area contributed by atoms with Crippen LogP contribution in [0.5, 0.6) is 0 Å². The topological polar surface area (TPSA) is 101 Å². The van der Waals surface area contributed by atoms with Crippen LogP contribution in [0.25, 0.3) is 0 Å². The Bertz CT molecular complexity index is 311. The molecule has 0 radical (unpaired) electrons. The molecule has 8 heteroatoms. The third-order valence-electron chi connectivity index (χ3n) is 1.72. The predicted molar refractivity (Wildman–Crippen MR) is 48.1 cm³/mol. The summed E-state index contributed by atoms with van der Waals surface area (Å²) in [6.07, 6.45) is -1.08. The highest BCUT2D eigenvalue weighted by Crippen LogP contribution is 2.12. The number of ether oxygens (including phenoxy) is 1. The molecule has 0 spiro atoms. The monoisotopic (exact) mass is 235 g/mol. The van der Waals surface area contributed by atoms with Crippen LogP contribution in [0.4, 0.5) is 4.79 Å². The lowest BCUT2D eigenvalue weighted by atomic mass is 10.4. The lowest BCUT2D eigenvalue weighted by Gasteiger charge is -2.11. The summed E-state index contributed by atoms with van der Waals surface area (Å²) >= 11 is -2.07. The molecule has 3 amide bonds. The van der Waals surface area contributed by atoms with E-state index in [-0.39, 0.29) is 25.2 Å². The molecule has 7 nitrogen and oxygen atoms in total.